The Morgan fingerprint density at radius 1 is 1.13 bits per heavy atom. The van der Waals surface area contributed by atoms with Gasteiger partial charge in [0.2, 0.25) is 5.91 Å². The van der Waals surface area contributed by atoms with Crippen LogP contribution >= 0.6 is 0 Å². The van der Waals surface area contributed by atoms with Crippen molar-refractivity contribution in [2.45, 2.75) is 45.6 Å². The van der Waals surface area contributed by atoms with Crippen LogP contribution < -0.4 is 15.4 Å². The van der Waals surface area contributed by atoms with Gasteiger partial charge in [-0.3, -0.25) is 4.79 Å². The zero-order chi connectivity index (χ0) is 22.2. The number of nitrogens with one attached hydrogen (secondary N) is 2. The van der Waals surface area contributed by atoms with E-state index in [1.165, 1.54) is 5.56 Å². The number of piperidine rings is 1. The van der Waals surface area contributed by atoms with Gasteiger partial charge in [-0.05, 0) is 56.0 Å². The van der Waals surface area contributed by atoms with Gasteiger partial charge >= 0.3 is 6.03 Å². The van der Waals surface area contributed by atoms with Crippen molar-refractivity contribution in [1.29, 1.82) is 0 Å². The van der Waals surface area contributed by atoms with E-state index in [2.05, 4.69) is 42.7 Å². The molecule has 1 aliphatic heterocycles. The first kappa shape index (κ1) is 22.7. The molecule has 2 N–H and O–H groups in total. The first-order chi connectivity index (χ1) is 15.0. The maximum Gasteiger partial charge on any atom is 0.317 e. The van der Waals surface area contributed by atoms with Crippen molar-refractivity contribution >= 4 is 17.6 Å². The van der Waals surface area contributed by atoms with E-state index in [-0.39, 0.29) is 23.9 Å². The van der Waals surface area contributed by atoms with E-state index < -0.39 is 0 Å². The fraction of sp³-hybridized carbons (Fsp3) is 0.440. The lowest BCUT2D eigenvalue weighted by molar-refractivity contribution is -0.121. The fourth-order valence-corrected chi connectivity index (χ4v) is 4.03. The van der Waals surface area contributed by atoms with E-state index in [1.54, 1.807) is 7.11 Å². The Bertz CT molecular complexity index is 882. The van der Waals surface area contributed by atoms with Gasteiger partial charge in [0.25, 0.3) is 0 Å². The monoisotopic (exact) mass is 423 g/mol. The third kappa shape index (κ3) is 6.00. The molecule has 1 aliphatic rings. The summed E-state index contributed by atoms with van der Waals surface area (Å²) in [7, 11) is 1.61. The summed E-state index contributed by atoms with van der Waals surface area (Å²) in [6, 6.07) is 15.5. The molecule has 2 unspecified atom stereocenters. The number of anilines is 1. The summed E-state index contributed by atoms with van der Waals surface area (Å²) in [6.07, 6.45) is 3.45. The van der Waals surface area contributed by atoms with Gasteiger partial charge in [0.15, 0.2) is 0 Å². The van der Waals surface area contributed by atoms with Crippen molar-refractivity contribution in [1.82, 2.24) is 10.2 Å². The third-order valence-corrected chi connectivity index (χ3v) is 5.80. The highest BCUT2D eigenvalue weighted by molar-refractivity contribution is 5.93. The predicted molar refractivity (Wildman–Crippen MR) is 123 cm³/mol. The Morgan fingerprint density at radius 2 is 1.90 bits per heavy atom. The maximum atomic E-state index is 13.0. The number of methoxy groups -OCH3 is 1. The average molecular weight is 424 g/mol. The minimum absolute atomic E-state index is 0.0217. The van der Waals surface area contributed by atoms with E-state index >= 15 is 0 Å². The van der Waals surface area contributed by atoms with Crippen LogP contribution in [-0.4, -0.2) is 37.0 Å². The summed E-state index contributed by atoms with van der Waals surface area (Å²) in [5, 5.41) is 6.02. The quantitative estimate of drug-likeness (QED) is 0.622. The van der Waals surface area contributed by atoms with Crippen LogP contribution in [0.4, 0.5) is 10.5 Å². The lowest BCUT2D eigenvalue weighted by Crippen LogP contribution is -2.49. The number of benzene rings is 2. The number of aryl methyl sites for hydroxylation is 1. The van der Waals surface area contributed by atoms with E-state index in [9.17, 15) is 9.59 Å². The molecular formula is C25H33N3O3. The third-order valence-electron chi connectivity index (χ3n) is 5.80. The van der Waals surface area contributed by atoms with Crippen LogP contribution in [0.3, 0.4) is 0 Å². The van der Waals surface area contributed by atoms with Crippen molar-refractivity contribution in [2.24, 2.45) is 5.92 Å². The van der Waals surface area contributed by atoms with E-state index in [0.29, 0.717) is 13.1 Å². The van der Waals surface area contributed by atoms with Crippen LogP contribution in [0, 0.1) is 12.8 Å². The van der Waals surface area contributed by atoms with E-state index in [4.69, 9.17) is 4.74 Å². The van der Waals surface area contributed by atoms with E-state index in [1.807, 2.05) is 35.2 Å². The van der Waals surface area contributed by atoms with Crippen LogP contribution in [0.25, 0.3) is 0 Å². The van der Waals surface area contributed by atoms with Crippen LogP contribution in [-0.2, 0) is 4.79 Å². The molecule has 1 saturated heterocycles. The second-order valence-electron chi connectivity index (χ2n) is 8.16. The largest absolute Gasteiger partial charge is 0.497 e. The standard InChI is InChI=1S/C25H33N3O3/c1-4-5-15-26-25(30)28-17-20(9-14-23(28)19-8-6-7-18(2)16-19)24(29)27-21-10-12-22(31-3)13-11-21/h6-8,10-13,16,20,23H,4-5,9,14-15,17H2,1-3H3,(H,26,30)(H,27,29). The predicted octanol–water partition coefficient (Wildman–Crippen LogP) is 4.91. The normalized spacial score (nSPS) is 18.4. The number of rotatable bonds is 7. The Kier molecular flexibility index (Phi) is 7.93. The van der Waals surface area contributed by atoms with Crippen LogP contribution in [0.5, 0.6) is 5.75 Å². The maximum absolute atomic E-state index is 13.0. The molecule has 0 aliphatic carbocycles. The number of ether oxygens (including phenoxy) is 1. The SMILES string of the molecule is CCCCNC(=O)N1CC(C(=O)Nc2ccc(OC)cc2)CCC1c1cccc(C)c1. The van der Waals surface area contributed by atoms with Crippen LogP contribution in [0.1, 0.15) is 49.8 Å². The number of hydrogen-bond acceptors (Lipinski definition) is 3. The number of likely N-dealkylation sites (tertiary alicyclic amines) is 1. The molecular weight excluding hydrogens is 390 g/mol. The second-order valence-corrected chi connectivity index (χ2v) is 8.16. The Labute approximate surface area is 185 Å². The zero-order valence-electron chi connectivity index (χ0n) is 18.7. The van der Waals surface area contributed by atoms with Gasteiger partial charge in [0, 0.05) is 18.8 Å². The molecule has 6 heteroatoms. The van der Waals surface area contributed by atoms with Crippen molar-refractivity contribution in [2.75, 3.05) is 25.5 Å². The summed E-state index contributed by atoms with van der Waals surface area (Å²) >= 11 is 0. The van der Waals surface area contributed by atoms with Gasteiger partial charge in [-0.1, -0.05) is 43.2 Å². The highest BCUT2D eigenvalue weighted by atomic mass is 16.5. The highest BCUT2D eigenvalue weighted by Gasteiger charge is 2.35. The Morgan fingerprint density at radius 3 is 2.58 bits per heavy atom. The fourth-order valence-electron chi connectivity index (χ4n) is 4.03. The van der Waals surface area contributed by atoms with Crippen molar-refractivity contribution in [3.05, 3.63) is 59.7 Å². The summed E-state index contributed by atoms with van der Waals surface area (Å²) in [4.78, 5) is 27.8. The lowest BCUT2D eigenvalue weighted by Gasteiger charge is -2.39. The molecule has 6 nitrogen and oxygen atoms in total. The number of carbonyl (C=O) groups is 2. The summed E-state index contributed by atoms with van der Waals surface area (Å²) in [5.74, 6) is 0.436. The van der Waals surface area contributed by atoms with Crippen LogP contribution in [0.2, 0.25) is 0 Å². The molecule has 3 rings (SSSR count). The van der Waals surface area contributed by atoms with Gasteiger partial charge in [0.1, 0.15) is 5.75 Å². The summed E-state index contributed by atoms with van der Waals surface area (Å²) in [5.41, 5.74) is 3.02. The number of amides is 3. The number of carbonyl (C=O) groups excluding carboxylic acids is 2. The molecule has 0 saturated carbocycles. The molecule has 0 radical (unpaired) electrons. The molecule has 166 valence electrons. The van der Waals surface area contributed by atoms with Crippen molar-refractivity contribution in [3.63, 3.8) is 0 Å². The smallest absolute Gasteiger partial charge is 0.317 e. The Hall–Kier alpha value is -3.02. The first-order valence-corrected chi connectivity index (χ1v) is 11.1. The van der Waals surface area contributed by atoms with Gasteiger partial charge in [-0.15, -0.1) is 0 Å². The molecule has 0 spiro atoms. The number of unbranched alkanes of at least 4 members (excludes halogenated alkanes) is 1. The highest BCUT2D eigenvalue weighted by Crippen LogP contribution is 2.34. The first-order valence-electron chi connectivity index (χ1n) is 11.1. The molecule has 0 bridgehead atoms. The van der Waals surface area contributed by atoms with Gasteiger partial charge in [-0.2, -0.15) is 0 Å². The Balaban J connectivity index is 1.72. The molecule has 3 amide bonds. The zero-order valence-corrected chi connectivity index (χ0v) is 18.7. The molecule has 1 fully saturated rings. The molecule has 2 atom stereocenters. The topological polar surface area (TPSA) is 70.7 Å². The molecule has 31 heavy (non-hydrogen) atoms. The molecule has 0 aromatic heterocycles. The summed E-state index contributed by atoms with van der Waals surface area (Å²) < 4.78 is 5.17. The van der Waals surface area contributed by atoms with Gasteiger partial charge < -0.3 is 20.3 Å². The average Bonchev–Trinajstić information content (AvgIpc) is 2.79. The number of nitrogens with zero attached hydrogens (tertiary/aromatic N) is 1. The molecule has 1 heterocycles. The number of urea groups is 1. The molecule has 2 aromatic rings. The minimum Gasteiger partial charge on any atom is -0.497 e. The van der Waals surface area contributed by atoms with Crippen molar-refractivity contribution in [3.8, 4) is 5.75 Å². The van der Waals surface area contributed by atoms with Crippen molar-refractivity contribution < 1.29 is 14.3 Å². The van der Waals surface area contributed by atoms with Gasteiger partial charge in [0.05, 0.1) is 19.1 Å². The van der Waals surface area contributed by atoms with E-state index in [0.717, 1.165) is 42.7 Å². The molecule has 2 aromatic carbocycles. The minimum atomic E-state index is -0.250. The van der Waals surface area contributed by atoms with Crippen LogP contribution in [0.15, 0.2) is 48.5 Å². The lowest BCUT2D eigenvalue weighted by atomic mass is 9.88. The van der Waals surface area contributed by atoms with Gasteiger partial charge in [-0.25, -0.2) is 4.79 Å². The number of hydrogen-bond donors (Lipinski definition) is 2. The second kappa shape index (κ2) is 10.8. The summed E-state index contributed by atoms with van der Waals surface area (Å²) in [6.45, 7) is 5.21.